The molecule has 0 amide bonds. The molecule has 0 aliphatic rings. The van der Waals surface area contributed by atoms with Gasteiger partial charge in [-0.3, -0.25) is 4.79 Å². The number of nitriles is 1. The lowest BCUT2D eigenvalue weighted by molar-refractivity contribution is -0.136. The number of aliphatic carboxylic acids is 1. The lowest BCUT2D eigenvalue weighted by Gasteiger charge is -2.06. The van der Waals surface area contributed by atoms with E-state index >= 15 is 0 Å². The van der Waals surface area contributed by atoms with Crippen molar-refractivity contribution < 1.29 is 14.6 Å². The molecular formula is C16H13NO3S. The van der Waals surface area contributed by atoms with Crippen molar-refractivity contribution in [1.29, 1.82) is 5.26 Å². The summed E-state index contributed by atoms with van der Waals surface area (Å²) < 4.78 is 5.10. The highest BCUT2D eigenvalue weighted by Gasteiger charge is 2.08. The van der Waals surface area contributed by atoms with Crippen LogP contribution in [0.15, 0.2) is 52.3 Å². The summed E-state index contributed by atoms with van der Waals surface area (Å²) in [5.41, 5.74) is 0.931. The highest BCUT2D eigenvalue weighted by molar-refractivity contribution is 7.99. The van der Waals surface area contributed by atoms with Crippen LogP contribution < -0.4 is 4.74 Å². The minimum atomic E-state index is -0.946. The first-order chi connectivity index (χ1) is 10.1. The molecule has 0 fully saturated rings. The van der Waals surface area contributed by atoms with E-state index in [-0.39, 0.29) is 6.42 Å². The summed E-state index contributed by atoms with van der Waals surface area (Å²) in [6.07, 6.45) is -0.153. The third kappa shape index (κ3) is 4.01. The number of methoxy groups -OCH3 is 1. The molecule has 0 saturated heterocycles. The van der Waals surface area contributed by atoms with Crippen LogP contribution >= 0.6 is 11.8 Å². The van der Waals surface area contributed by atoms with Crippen molar-refractivity contribution in [1.82, 2.24) is 0 Å². The first kappa shape index (κ1) is 14.9. The molecule has 0 aliphatic carbocycles. The van der Waals surface area contributed by atoms with E-state index in [2.05, 4.69) is 0 Å². The molecule has 0 bridgehead atoms. The Labute approximate surface area is 127 Å². The number of hydrogen-bond acceptors (Lipinski definition) is 4. The van der Waals surface area contributed by atoms with E-state index < -0.39 is 5.97 Å². The number of hydrogen-bond donors (Lipinski definition) is 1. The average molecular weight is 299 g/mol. The number of carboxylic acids is 1. The van der Waals surface area contributed by atoms with Gasteiger partial charge in [0.05, 0.1) is 25.2 Å². The topological polar surface area (TPSA) is 70.3 Å². The van der Waals surface area contributed by atoms with Gasteiger partial charge in [-0.15, -0.1) is 0 Å². The van der Waals surface area contributed by atoms with Crippen LogP contribution in [0.4, 0.5) is 0 Å². The van der Waals surface area contributed by atoms with Crippen LogP contribution in [0.5, 0.6) is 5.75 Å². The zero-order chi connectivity index (χ0) is 15.2. The molecule has 0 aromatic heterocycles. The third-order valence-electron chi connectivity index (χ3n) is 2.83. The minimum Gasteiger partial charge on any atom is -0.497 e. The van der Waals surface area contributed by atoms with E-state index in [9.17, 15) is 4.79 Å². The van der Waals surface area contributed by atoms with Gasteiger partial charge in [0.25, 0.3) is 0 Å². The van der Waals surface area contributed by atoms with E-state index in [1.807, 2.05) is 36.4 Å². The molecule has 5 heteroatoms. The molecule has 1 N–H and O–H groups in total. The summed E-state index contributed by atoms with van der Waals surface area (Å²) in [7, 11) is 1.61. The largest absolute Gasteiger partial charge is 0.497 e. The van der Waals surface area contributed by atoms with Gasteiger partial charge in [0.2, 0.25) is 0 Å². The summed E-state index contributed by atoms with van der Waals surface area (Å²) in [6, 6.07) is 14.8. The highest BCUT2D eigenvalue weighted by atomic mass is 32.2. The Hall–Kier alpha value is -2.45. The smallest absolute Gasteiger partial charge is 0.307 e. The normalized spacial score (nSPS) is 9.90. The maximum Gasteiger partial charge on any atom is 0.307 e. The maximum atomic E-state index is 10.8. The van der Waals surface area contributed by atoms with Gasteiger partial charge in [0, 0.05) is 9.79 Å². The molecule has 2 aromatic rings. The molecule has 0 radical (unpaired) electrons. The summed E-state index contributed by atoms with van der Waals surface area (Å²) in [5, 5.41) is 17.9. The van der Waals surface area contributed by atoms with Crippen molar-refractivity contribution in [3.8, 4) is 11.8 Å². The monoisotopic (exact) mass is 299 g/mol. The van der Waals surface area contributed by atoms with Crippen LogP contribution in [-0.4, -0.2) is 18.2 Å². The van der Waals surface area contributed by atoms with E-state index in [0.717, 1.165) is 15.5 Å². The number of rotatable bonds is 5. The third-order valence-corrected chi connectivity index (χ3v) is 3.83. The first-order valence-electron chi connectivity index (χ1n) is 6.19. The van der Waals surface area contributed by atoms with E-state index in [1.54, 1.807) is 19.2 Å². The quantitative estimate of drug-likeness (QED) is 0.916. The predicted octanol–water partition coefficient (Wildman–Crippen LogP) is 3.35. The highest BCUT2D eigenvalue weighted by Crippen LogP contribution is 2.30. The molecule has 0 heterocycles. The zero-order valence-electron chi connectivity index (χ0n) is 11.4. The van der Waals surface area contributed by atoms with Crippen LogP contribution in [0.1, 0.15) is 11.1 Å². The summed E-state index contributed by atoms with van der Waals surface area (Å²) >= 11 is 1.51. The molecule has 0 aliphatic heterocycles. The lowest BCUT2D eigenvalue weighted by atomic mass is 10.1. The second kappa shape index (κ2) is 6.82. The molecule has 0 saturated carbocycles. The number of ether oxygens (including phenoxy) is 1. The molecular weight excluding hydrogens is 286 g/mol. The Bertz CT molecular complexity index is 690. The van der Waals surface area contributed by atoms with E-state index in [0.29, 0.717) is 11.1 Å². The molecule has 0 unspecified atom stereocenters. The zero-order valence-corrected chi connectivity index (χ0v) is 12.2. The molecule has 106 valence electrons. The Balaban J connectivity index is 2.23. The van der Waals surface area contributed by atoms with Gasteiger partial charge < -0.3 is 9.84 Å². The van der Waals surface area contributed by atoms with Crippen molar-refractivity contribution in [3.05, 3.63) is 53.6 Å². The lowest BCUT2D eigenvalue weighted by Crippen LogP contribution is -2.02. The molecule has 0 atom stereocenters. The predicted molar refractivity (Wildman–Crippen MR) is 79.6 cm³/mol. The first-order valence-corrected chi connectivity index (χ1v) is 7.00. The second-order valence-electron chi connectivity index (χ2n) is 4.28. The fourth-order valence-electron chi connectivity index (χ4n) is 1.83. The van der Waals surface area contributed by atoms with E-state index in [4.69, 9.17) is 15.1 Å². The second-order valence-corrected chi connectivity index (χ2v) is 5.43. The van der Waals surface area contributed by atoms with Crippen molar-refractivity contribution in [3.63, 3.8) is 0 Å². The van der Waals surface area contributed by atoms with Gasteiger partial charge in [0.15, 0.2) is 0 Å². The summed E-state index contributed by atoms with van der Waals surface area (Å²) in [5.74, 6) is -0.163. The standard InChI is InChI=1S/C16H13NO3S/c1-20-13-3-6-14(7-4-13)21-15-5-2-11(10-17)12(8-15)9-16(18)19/h2-8H,9H2,1H3,(H,18,19). The maximum absolute atomic E-state index is 10.8. The molecule has 0 spiro atoms. The average Bonchev–Trinajstić information content (AvgIpc) is 2.48. The fraction of sp³-hybridized carbons (Fsp3) is 0.125. The van der Waals surface area contributed by atoms with Gasteiger partial charge in [-0.2, -0.15) is 5.26 Å². The van der Waals surface area contributed by atoms with Crippen LogP contribution in [0.3, 0.4) is 0 Å². The van der Waals surface area contributed by atoms with Crippen LogP contribution in [0, 0.1) is 11.3 Å². The number of benzene rings is 2. The fourth-order valence-corrected chi connectivity index (χ4v) is 2.71. The van der Waals surface area contributed by atoms with Gasteiger partial charge in [-0.25, -0.2) is 0 Å². The number of nitrogens with zero attached hydrogens (tertiary/aromatic N) is 1. The molecule has 2 aromatic carbocycles. The number of carboxylic acid groups (broad SMARTS) is 1. The van der Waals surface area contributed by atoms with Gasteiger partial charge in [-0.1, -0.05) is 11.8 Å². The van der Waals surface area contributed by atoms with Crippen LogP contribution in [0.2, 0.25) is 0 Å². The van der Waals surface area contributed by atoms with Crippen molar-refractivity contribution in [2.75, 3.05) is 7.11 Å². The van der Waals surface area contributed by atoms with E-state index in [1.165, 1.54) is 11.8 Å². The molecule has 2 rings (SSSR count). The van der Waals surface area contributed by atoms with Gasteiger partial charge in [0.1, 0.15) is 5.75 Å². The molecule has 21 heavy (non-hydrogen) atoms. The Morgan fingerprint density at radius 2 is 1.90 bits per heavy atom. The Morgan fingerprint density at radius 1 is 1.24 bits per heavy atom. The Morgan fingerprint density at radius 3 is 2.48 bits per heavy atom. The van der Waals surface area contributed by atoms with Crippen molar-refractivity contribution in [2.45, 2.75) is 16.2 Å². The number of carbonyl (C=O) groups is 1. The van der Waals surface area contributed by atoms with Gasteiger partial charge in [-0.05, 0) is 48.0 Å². The molecule has 4 nitrogen and oxygen atoms in total. The summed E-state index contributed by atoms with van der Waals surface area (Å²) in [4.78, 5) is 12.8. The van der Waals surface area contributed by atoms with Crippen LogP contribution in [0.25, 0.3) is 0 Å². The SMILES string of the molecule is COc1ccc(Sc2ccc(C#N)c(CC(=O)O)c2)cc1. The van der Waals surface area contributed by atoms with Crippen molar-refractivity contribution in [2.24, 2.45) is 0 Å². The summed E-state index contributed by atoms with van der Waals surface area (Å²) in [6.45, 7) is 0. The van der Waals surface area contributed by atoms with Gasteiger partial charge >= 0.3 is 5.97 Å². The van der Waals surface area contributed by atoms with Crippen LogP contribution in [-0.2, 0) is 11.2 Å². The Kier molecular flexibility index (Phi) is 4.85. The minimum absolute atomic E-state index is 0.153. The van der Waals surface area contributed by atoms with Crippen molar-refractivity contribution >= 4 is 17.7 Å².